The quantitative estimate of drug-likeness (QED) is 0.885. The first-order valence-corrected chi connectivity index (χ1v) is 5.83. The fourth-order valence-electron chi connectivity index (χ4n) is 1.81. The van der Waals surface area contributed by atoms with Crippen LogP contribution in [0.2, 0.25) is 0 Å². The largest absolute Gasteiger partial charge is 0.494 e. The smallest absolute Gasteiger partial charge is 0.170 e. The van der Waals surface area contributed by atoms with Crippen LogP contribution in [0.4, 0.5) is 10.1 Å². The Kier molecular flexibility index (Phi) is 3.82. The van der Waals surface area contributed by atoms with Gasteiger partial charge < -0.3 is 10.1 Å². The van der Waals surface area contributed by atoms with E-state index in [1.807, 2.05) is 31.2 Å². The van der Waals surface area contributed by atoms with Gasteiger partial charge in [0.05, 0.1) is 7.11 Å². The average Bonchev–Trinajstić information content (AvgIpc) is 2.39. The number of methoxy groups -OCH3 is 1. The molecule has 0 unspecified atom stereocenters. The number of anilines is 1. The number of rotatable bonds is 4. The Bertz CT molecular complexity index is 540. The first-order chi connectivity index (χ1) is 8.72. The molecule has 0 atom stereocenters. The monoisotopic (exact) mass is 245 g/mol. The van der Waals surface area contributed by atoms with E-state index in [9.17, 15) is 4.39 Å². The molecule has 0 aliphatic carbocycles. The van der Waals surface area contributed by atoms with Crippen molar-refractivity contribution in [3.63, 3.8) is 0 Å². The lowest BCUT2D eigenvalue weighted by Crippen LogP contribution is -2.04. The molecule has 0 aliphatic heterocycles. The maximum absolute atomic E-state index is 13.9. The van der Waals surface area contributed by atoms with Crippen molar-refractivity contribution in [2.75, 3.05) is 12.4 Å². The van der Waals surface area contributed by atoms with Crippen LogP contribution in [-0.2, 0) is 6.54 Å². The third kappa shape index (κ3) is 2.62. The summed E-state index contributed by atoms with van der Waals surface area (Å²) < 4.78 is 18.9. The number of aryl methyl sites for hydroxylation is 1. The van der Waals surface area contributed by atoms with Crippen LogP contribution in [0.5, 0.6) is 5.75 Å². The molecule has 3 heteroatoms. The van der Waals surface area contributed by atoms with Gasteiger partial charge >= 0.3 is 0 Å². The van der Waals surface area contributed by atoms with E-state index in [-0.39, 0.29) is 11.6 Å². The van der Waals surface area contributed by atoms with Crippen LogP contribution in [-0.4, -0.2) is 7.11 Å². The zero-order chi connectivity index (χ0) is 13.0. The minimum Gasteiger partial charge on any atom is -0.494 e. The number of para-hydroxylation sites is 1. The first kappa shape index (κ1) is 12.4. The molecule has 0 aliphatic rings. The number of benzene rings is 2. The summed E-state index contributed by atoms with van der Waals surface area (Å²) in [5.74, 6) is -0.0276. The Morgan fingerprint density at radius 2 is 1.89 bits per heavy atom. The first-order valence-electron chi connectivity index (χ1n) is 5.83. The van der Waals surface area contributed by atoms with E-state index in [1.165, 1.54) is 7.11 Å². The van der Waals surface area contributed by atoms with Crippen LogP contribution < -0.4 is 10.1 Å². The van der Waals surface area contributed by atoms with Crippen molar-refractivity contribution in [1.29, 1.82) is 0 Å². The van der Waals surface area contributed by atoms with E-state index in [2.05, 4.69) is 5.32 Å². The van der Waals surface area contributed by atoms with E-state index in [1.54, 1.807) is 18.2 Å². The SMILES string of the molecule is COc1cccc(CNc2ccccc2C)c1F. The predicted octanol–water partition coefficient (Wildman–Crippen LogP) is 3.75. The van der Waals surface area contributed by atoms with Gasteiger partial charge in [-0.05, 0) is 24.6 Å². The summed E-state index contributed by atoms with van der Waals surface area (Å²) in [4.78, 5) is 0. The summed E-state index contributed by atoms with van der Waals surface area (Å²) in [5, 5.41) is 3.23. The minimum absolute atomic E-state index is 0.277. The van der Waals surface area contributed by atoms with Crippen LogP contribution in [0.15, 0.2) is 42.5 Å². The molecule has 0 heterocycles. The second-order valence-electron chi connectivity index (χ2n) is 4.10. The molecule has 0 bridgehead atoms. The highest BCUT2D eigenvalue weighted by molar-refractivity contribution is 5.50. The highest BCUT2D eigenvalue weighted by Crippen LogP contribution is 2.21. The van der Waals surface area contributed by atoms with Gasteiger partial charge in [0.2, 0.25) is 0 Å². The molecule has 2 nitrogen and oxygen atoms in total. The van der Waals surface area contributed by atoms with Crippen molar-refractivity contribution < 1.29 is 9.13 Å². The van der Waals surface area contributed by atoms with Gasteiger partial charge in [0.15, 0.2) is 11.6 Å². The van der Waals surface area contributed by atoms with Gasteiger partial charge in [-0.2, -0.15) is 0 Å². The molecule has 2 aromatic carbocycles. The fraction of sp³-hybridized carbons (Fsp3) is 0.200. The molecule has 18 heavy (non-hydrogen) atoms. The second kappa shape index (κ2) is 5.54. The highest BCUT2D eigenvalue weighted by atomic mass is 19.1. The molecule has 0 aromatic heterocycles. The molecular formula is C15H16FNO. The third-order valence-electron chi connectivity index (χ3n) is 2.88. The summed E-state index contributed by atoms with van der Waals surface area (Å²) in [6.07, 6.45) is 0. The number of ether oxygens (including phenoxy) is 1. The van der Waals surface area contributed by atoms with Crippen molar-refractivity contribution in [3.05, 3.63) is 59.4 Å². The number of halogens is 1. The highest BCUT2D eigenvalue weighted by Gasteiger charge is 2.08. The van der Waals surface area contributed by atoms with Crippen molar-refractivity contribution in [2.45, 2.75) is 13.5 Å². The van der Waals surface area contributed by atoms with Gasteiger partial charge in [0, 0.05) is 17.8 Å². The van der Waals surface area contributed by atoms with Gasteiger partial charge in [-0.15, -0.1) is 0 Å². The number of nitrogens with one attached hydrogen (secondary N) is 1. The summed E-state index contributed by atoms with van der Waals surface area (Å²) >= 11 is 0. The molecule has 1 N–H and O–H groups in total. The zero-order valence-electron chi connectivity index (χ0n) is 10.5. The van der Waals surface area contributed by atoms with Crippen LogP contribution in [0.3, 0.4) is 0 Å². The van der Waals surface area contributed by atoms with Crippen LogP contribution in [0, 0.1) is 12.7 Å². The summed E-state index contributed by atoms with van der Waals surface area (Å²) in [7, 11) is 1.47. The van der Waals surface area contributed by atoms with Crippen LogP contribution in [0.1, 0.15) is 11.1 Å². The number of hydrogen-bond donors (Lipinski definition) is 1. The van der Waals surface area contributed by atoms with Gasteiger partial charge in [-0.3, -0.25) is 0 Å². The van der Waals surface area contributed by atoms with Crippen LogP contribution in [0.25, 0.3) is 0 Å². The van der Waals surface area contributed by atoms with Crippen molar-refractivity contribution in [1.82, 2.24) is 0 Å². The molecule has 0 fully saturated rings. The topological polar surface area (TPSA) is 21.3 Å². The molecule has 2 rings (SSSR count). The standard InChI is InChI=1S/C15H16FNO/c1-11-6-3-4-8-13(11)17-10-12-7-5-9-14(18-2)15(12)16/h3-9,17H,10H2,1-2H3. The molecule has 0 amide bonds. The lowest BCUT2D eigenvalue weighted by atomic mass is 10.1. The Hall–Kier alpha value is -2.03. The Morgan fingerprint density at radius 1 is 1.11 bits per heavy atom. The Morgan fingerprint density at radius 3 is 2.61 bits per heavy atom. The Labute approximate surface area is 106 Å². The summed E-state index contributed by atoms with van der Waals surface area (Å²) in [6.45, 7) is 2.46. The maximum atomic E-state index is 13.9. The van der Waals surface area contributed by atoms with Crippen molar-refractivity contribution >= 4 is 5.69 Å². The second-order valence-corrected chi connectivity index (χ2v) is 4.10. The molecule has 94 valence electrons. The van der Waals surface area contributed by atoms with Gasteiger partial charge in [-0.25, -0.2) is 4.39 Å². The molecule has 0 saturated carbocycles. The van der Waals surface area contributed by atoms with Gasteiger partial charge in [0.25, 0.3) is 0 Å². The molecule has 2 aromatic rings. The van der Waals surface area contributed by atoms with E-state index < -0.39 is 0 Å². The summed E-state index contributed by atoms with van der Waals surface area (Å²) in [6, 6.07) is 13.1. The normalized spacial score (nSPS) is 10.2. The maximum Gasteiger partial charge on any atom is 0.170 e. The predicted molar refractivity (Wildman–Crippen MR) is 71.5 cm³/mol. The number of hydrogen-bond acceptors (Lipinski definition) is 2. The molecule has 0 spiro atoms. The Balaban J connectivity index is 2.14. The average molecular weight is 245 g/mol. The van der Waals surface area contributed by atoms with E-state index in [0.717, 1.165) is 11.3 Å². The van der Waals surface area contributed by atoms with Crippen molar-refractivity contribution in [2.24, 2.45) is 0 Å². The molecule has 0 radical (unpaired) electrons. The lowest BCUT2D eigenvalue weighted by Gasteiger charge is -2.11. The molecular weight excluding hydrogens is 229 g/mol. The lowest BCUT2D eigenvalue weighted by molar-refractivity contribution is 0.384. The van der Waals surface area contributed by atoms with Crippen LogP contribution >= 0.6 is 0 Å². The van der Waals surface area contributed by atoms with Gasteiger partial charge in [0.1, 0.15) is 0 Å². The van der Waals surface area contributed by atoms with Crippen molar-refractivity contribution in [3.8, 4) is 5.75 Å². The fourth-order valence-corrected chi connectivity index (χ4v) is 1.81. The summed E-state index contributed by atoms with van der Waals surface area (Å²) in [5.41, 5.74) is 2.75. The van der Waals surface area contributed by atoms with E-state index in [0.29, 0.717) is 12.1 Å². The zero-order valence-corrected chi connectivity index (χ0v) is 10.5. The minimum atomic E-state index is -0.305. The molecule has 0 saturated heterocycles. The van der Waals surface area contributed by atoms with Gasteiger partial charge in [-0.1, -0.05) is 30.3 Å². The van der Waals surface area contributed by atoms with E-state index >= 15 is 0 Å². The van der Waals surface area contributed by atoms with E-state index in [4.69, 9.17) is 4.74 Å². The third-order valence-corrected chi connectivity index (χ3v) is 2.88.